The lowest BCUT2D eigenvalue weighted by Gasteiger charge is -2.12. The van der Waals surface area contributed by atoms with Crippen LogP contribution in [0.3, 0.4) is 0 Å². The van der Waals surface area contributed by atoms with Crippen LogP contribution in [0.2, 0.25) is 5.02 Å². The largest absolute Gasteiger partial charge is 0.493 e. The quantitative estimate of drug-likeness (QED) is 0.251. The van der Waals surface area contributed by atoms with Crippen molar-refractivity contribution < 1.29 is 23.8 Å². The number of methoxy groups -OCH3 is 1. The lowest BCUT2D eigenvalue weighted by molar-refractivity contribution is -0.145. The van der Waals surface area contributed by atoms with Gasteiger partial charge in [-0.05, 0) is 71.5 Å². The van der Waals surface area contributed by atoms with Gasteiger partial charge in [-0.3, -0.25) is 4.79 Å². The van der Waals surface area contributed by atoms with E-state index in [1.54, 1.807) is 31.2 Å². The van der Waals surface area contributed by atoms with E-state index in [1.807, 2.05) is 12.1 Å². The molecule has 148 valence electrons. The van der Waals surface area contributed by atoms with Gasteiger partial charge in [0, 0.05) is 9.13 Å². The first-order valence-electron chi connectivity index (χ1n) is 8.19. The van der Waals surface area contributed by atoms with Gasteiger partial charge in [-0.25, -0.2) is 10.2 Å². The number of halogens is 2. The molecule has 1 N–H and O–H groups in total. The third kappa shape index (κ3) is 6.38. The Kier molecular flexibility index (Phi) is 8.52. The van der Waals surface area contributed by atoms with E-state index in [2.05, 4.69) is 33.1 Å². The maximum Gasteiger partial charge on any atom is 0.344 e. The fourth-order valence-corrected chi connectivity index (χ4v) is 2.75. The highest BCUT2D eigenvalue weighted by molar-refractivity contribution is 14.1. The molecule has 0 aromatic heterocycles. The molecule has 0 saturated carbocycles. The Balaban J connectivity index is 2.06. The van der Waals surface area contributed by atoms with E-state index in [4.69, 9.17) is 25.8 Å². The average molecular weight is 517 g/mol. The van der Waals surface area contributed by atoms with Gasteiger partial charge < -0.3 is 14.2 Å². The molecule has 2 aromatic carbocycles. The Bertz CT molecular complexity index is 871. The molecular formula is C19H18ClIN2O5. The van der Waals surface area contributed by atoms with Crippen LogP contribution in [0, 0.1) is 3.57 Å². The fourth-order valence-electron chi connectivity index (χ4n) is 2.12. The maximum atomic E-state index is 12.1. The highest BCUT2D eigenvalue weighted by Gasteiger charge is 2.14. The number of hydrogen-bond donors (Lipinski definition) is 1. The minimum atomic E-state index is -0.510. The second kappa shape index (κ2) is 10.9. The van der Waals surface area contributed by atoms with Crippen molar-refractivity contribution in [3.63, 3.8) is 0 Å². The molecule has 0 aliphatic carbocycles. The average Bonchev–Trinajstić information content (AvgIpc) is 2.67. The molecule has 9 heteroatoms. The van der Waals surface area contributed by atoms with Crippen LogP contribution in [0.1, 0.15) is 22.8 Å². The lowest BCUT2D eigenvalue weighted by Crippen LogP contribution is -2.17. The van der Waals surface area contributed by atoms with Crippen LogP contribution in [0.25, 0.3) is 0 Å². The van der Waals surface area contributed by atoms with Gasteiger partial charge in [0.05, 0.1) is 25.0 Å². The van der Waals surface area contributed by atoms with Crippen molar-refractivity contribution in [3.8, 4) is 11.5 Å². The SMILES string of the molecule is CCOC(=O)COc1c(Cl)cc(/C=N\NC(=O)c2ccc(I)cc2)cc1OC. The van der Waals surface area contributed by atoms with Gasteiger partial charge in [0.2, 0.25) is 0 Å². The van der Waals surface area contributed by atoms with Crippen LogP contribution < -0.4 is 14.9 Å². The third-order valence-electron chi connectivity index (χ3n) is 3.38. The van der Waals surface area contributed by atoms with Crippen molar-refractivity contribution in [1.29, 1.82) is 0 Å². The number of nitrogens with zero attached hydrogens (tertiary/aromatic N) is 1. The molecule has 0 spiro atoms. The summed E-state index contributed by atoms with van der Waals surface area (Å²) in [5, 5.41) is 4.16. The summed E-state index contributed by atoms with van der Waals surface area (Å²) < 4.78 is 16.5. The smallest absolute Gasteiger partial charge is 0.344 e. The standard InChI is InChI=1S/C19H18ClIN2O5/c1-3-27-17(24)11-28-18-15(20)8-12(9-16(18)26-2)10-22-23-19(25)13-4-6-14(21)7-5-13/h4-10H,3,11H2,1-2H3,(H,23,25)/b22-10-. The van der Waals surface area contributed by atoms with E-state index >= 15 is 0 Å². The van der Waals surface area contributed by atoms with Gasteiger partial charge in [0.25, 0.3) is 5.91 Å². The van der Waals surface area contributed by atoms with Crippen LogP contribution in [0.4, 0.5) is 0 Å². The summed E-state index contributed by atoms with van der Waals surface area (Å²) in [4.78, 5) is 23.5. The van der Waals surface area contributed by atoms with Crippen LogP contribution in [-0.4, -0.2) is 38.4 Å². The van der Waals surface area contributed by atoms with Crippen LogP contribution in [0.5, 0.6) is 11.5 Å². The number of hydrazone groups is 1. The Labute approximate surface area is 181 Å². The number of carbonyl (C=O) groups is 2. The number of carbonyl (C=O) groups excluding carboxylic acids is 2. The van der Waals surface area contributed by atoms with Gasteiger partial charge in [0.15, 0.2) is 18.1 Å². The molecule has 0 aliphatic rings. The monoisotopic (exact) mass is 516 g/mol. The maximum absolute atomic E-state index is 12.1. The summed E-state index contributed by atoms with van der Waals surface area (Å²) in [5.74, 6) is -0.302. The molecule has 28 heavy (non-hydrogen) atoms. The van der Waals surface area contributed by atoms with Crippen LogP contribution in [0.15, 0.2) is 41.5 Å². The van der Waals surface area contributed by atoms with Crippen molar-refractivity contribution in [1.82, 2.24) is 5.43 Å². The molecule has 2 aromatic rings. The number of nitrogens with one attached hydrogen (secondary N) is 1. The molecule has 7 nitrogen and oxygen atoms in total. The van der Waals surface area contributed by atoms with Gasteiger partial charge >= 0.3 is 5.97 Å². The number of benzene rings is 2. The van der Waals surface area contributed by atoms with Gasteiger partial charge in [-0.1, -0.05) is 11.6 Å². The van der Waals surface area contributed by atoms with Crippen molar-refractivity contribution in [2.45, 2.75) is 6.92 Å². The third-order valence-corrected chi connectivity index (χ3v) is 4.38. The van der Waals surface area contributed by atoms with Gasteiger partial charge in [0.1, 0.15) is 0 Å². The van der Waals surface area contributed by atoms with Crippen LogP contribution in [-0.2, 0) is 9.53 Å². The molecule has 0 radical (unpaired) electrons. The molecule has 0 saturated heterocycles. The first-order chi connectivity index (χ1) is 13.4. The van der Waals surface area contributed by atoms with E-state index in [9.17, 15) is 9.59 Å². The van der Waals surface area contributed by atoms with E-state index in [-0.39, 0.29) is 29.9 Å². The first-order valence-corrected chi connectivity index (χ1v) is 9.65. The zero-order valence-electron chi connectivity index (χ0n) is 15.2. The Hall–Kier alpha value is -2.33. The molecule has 0 atom stereocenters. The Morgan fingerprint density at radius 2 is 1.96 bits per heavy atom. The number of rotatable bonds is 8. The summed E-state index contributed by atoms with van der Waals surface area (Å²) >= 11 is 8.38. The second-order valence-corrected chi connectivity index (χ2v) is 6.99. The summed E-state index contributed by atoms with van der Waals surface area (Å²) in [5.41, 5.74) is 3.52. The minimum absolute atomic E-state index is 0.220. The lowest BCUT2D eigenvalue weighted by atomic mass is 10.2. The van der Waals surface area contributed by atoms with E-state index < -0.39 is 5.97 Å². The number of esters is 1. The van der Waals surface area contributed by atoms with Crippen molar-refractivity contribution in [2.24, 2.45) is 5.10 Å². The Morgan fingerprint density at radius 1 is 1.25 bits per heavy atom. The van der Waals surface area contributed by atoms with Gasteiger partial charge in [-0.2, -0.15) is 5.10 Å². The molecule has 0 aliphatic heterocycles. The number of hydrogen-bond acceptors (Lipinski definition) is 6. The predicted octanol–water partition coefficient (Wildman–Crippen LogP) is 3.66. The molecule has 2 rings (SSSR count). The van der Waals surface area contributed by atoms with Crippen molar-refractivity contribution in [3.05, 3.63) is 56.1 Å². The fraction of sp³-hybridized carbons (Fsp3) is 0.211. The molecular weight excluding hydrogens is 499 g/mol. The van der Waals surface area contributed by atoms with Crippen molar-refractivity contribution in [2.75, 3.05) is 20.3 Å². The van der Waals surface area contributed by atoms with E-state index in [1.165, 1.54) is 13.3 Å². The topological polar surface area (TPSA) is 86.2 Å². The highest BCUT2D eigenvalue weighted by Crippen LogP contribution is 2.36. The van der Waals surface area contributed by atoms with Crippen LogP contribution >= 0.6 is 34.2 Å². The summed E-state index contributed by atoms with van der Waals surface area (Å²) in [6.07, 6.45) is 1.42. The molecule has 0 fully saturated rings. The zero-order valence-corrected chi connectivity index (χ0v) is 18.1. The second-order valence-electron chi connectivity index (χ2n) is 5.33. The summed E-state index contributed by atoms with van der Waals surface area (Å²) in [6, 6.07) is 10.3. The summed E-state index contributed by atoms with van der Waals surface area (Å²) in [7, 11) is 1.45. The van der Waals surface area contributed by atoms with Crippen molar-refractivity contribution >= 4 is 52.3 Å². The summed E-state index contributed by atoms with van der Waals surface area (Å²) in [6.45, 7) is 1.68. The highest BCUT2D eigenvalue weighted by atomic mass is 127. The predicted molar refractivity (Wildman–Crippen MR) is 114 cm³/mol. The van der Waals surface area contributed by atoms with E-state index in [0.29, 0.717) is 16.9 Å². The molecule has 0 heterocycles. The molecule has 1 amide bonds. The number of ether oxygens (including phenoxy) is 3. The molecule has 0 unspecified atom stereocenters. The van der Waals surface area contributed by atoms with Gasteiger partial charge in [-0.15, -0.1) is 0 Å². The first kappa shape index (κ1) is 22.0. The zero-order chi connectivity index (χ0) is 20.5. The number of amides is 1. The molecule has 0 bridgehead atoms. The van der Waals surface area contributed by atoms with E-state index in [0.717, 1.165) is 3.57 Å². The minimum Gasteiger partial charge on any atom is -0.493 e. The normalized spacial score (nSPS) is 10.6. The Morgan fingerprint density at radius 3 is 2.61 bits per heavy atom.